The molecular weight excluding hydrogens is 400 g/mol. The zero-order valence-electron chi connectivity index (χ0n) is 14.4. The van der Waals surface area contributed by atoms with Crippen molar-refractivity contribution in [2.75, 3.05) is 11.9 Å². The number of nitrogens with zero attached hydrogens (tertiary/aromatic N) is 2. The first-order valence-electron chi connectivity index (χ1n) is 8.01. The monoisotopic (exact) mass is 414 g/mol. The summed E-state index contributed by atoms with van der Waals surface area (Å²) in [6, 6.07) is 8.44. The largest absolute Gasteiger partial charge is 0.451 e. The number of sulfonamides is 1. The number of rotatable bonds is 5. The Hall–Kier alpha value is -2.79. The summed E-state index contributed by atoms with van der Waals surface area (Å²) in [5.41, 5.74) is 0.186. The summed E-state index contributed by atoms with van der Waals surface area (Å²) in [5.74, 6) is -2.29. The lowest BCUT2D eigenvalue weighted by Crippen LogP contribution is -2.22. The maximum atomic E-state index is 13.6. The van der Waals surface area contributed by atoms with Crippen molar-refractivity contribution in [3.63, 3.8) is 0 Å². The molecule has 3 aromatic rings. The van der Waals surface area contributed by atoms with E-state index in [9.17, 15) is 26.0 Å². The van der Waals surface area contributed by atoms with Crippen LogP contribution in [0.1, 0.15) is 12.7 Å². The van der Waals surface area contributed by atoms with Gasteiger partial charge >= 0.3 is 6.18 Å². The van der Waals surface area contributed by atoms with E-state index in [4.69, 9.17) is 0 Å². The van der Waals surface area contributed by atoms with Gasteiger partial charge in [0, 0.05) is 17.6 Å². The van der Waals surface area contributed by atoms with Crippen LogP contribution in [-0.4, -0.2) is 24.9 Å². The summed E-state index contributed by atoms with van der Waals surface area (Å²) in [6.45, 7) is 1.84. The number of aromatic nitrogens is 2. The molecule has 6 nitrogen and oxygen atoms in total. The molecule has 0 bridgehead atoms. The zero-order chi connectivity index (χ0) is 20.5. The lowest BCUT2D eigenvalue weighted by atomic mass is 10.2. The molecule has 28 heavy (non-hydrogen) atoms. The number of halogens is 4. The van der Waals surface area contributed by atoms with Crippen LogP contribution in [0.4, 0.5) is 29.1 Å². The Kier molecular flexibility index (Phi) is 5.22. The zero-order valence-corrected chi connectivity index (χ0v) is 15.2. The number of benzene rings is 2. The summed E-state index contributed by atoms with van der Waals surface area (Å²) >= 11 is 0. The second kappa shape index (κ2) is 7.32. The highest BCUT2D eigenvalue weighted by molar-refractivity contribution is 7.89. The molecular formula is C17H14F4N4O2S. The Morgan fingerprint density at radius 3 is 2.32 bits per heavy atom. The van der Waals surface area contributed by atoms with Crippen molar-refractivity contribution in [3.05, 3.63) is 54.1 Å². The number of anilines is 2. The van der Waals surface area contributed by atoms with Gasteiger partial charge in [0.2, 0.25) is 15.8 Å². The van der Waals surface area contributed by atoms with E-state index in [2.05, 4.69) is 20.0 Å². The molecule has 0 radical (unpaired) electrons. The highest BCUT2D eigenvalue weighted by atomic mass is 32.2. The van der Waals surface area contributed by atoms with Gasteiger partial charge < -0.3 is 5.32 Å². The van der Waals surface area contributed by atoms with Gasteiger partial charge in [0.05, 0.1) is 10.4 Å². The molecule has 0 amide bonds. The average Bonchev–Trinajstić information content (AvgIpc) is 2.61. The van der Waals surface area contributed by atoms with Gasteiger partial charge in [-0.3, -0.25) is 0 Å². The molecule has 2 N–H and O–H groups in total. The average molecular weight is 414 g/mol. The van der Waals surface area contributed by atoms with E-state index in [0.717, 1.165) is 18.2 Å². The van der Waals surface area contributed by atoms with E-state index in [1.165, 1.54) is 24.3 Å². The quantitative estimate of drug-likeness (QED) is 0.620. The number of nitrogens with one attached hydrogen (secondary N) is 2. The topological polar surface area (TPSA) is 84.0 Å². The predicted molar refractivity (Wildman–Crippen MR) is 95.1 cm³/mol. The van der Waals surface area contributed by atoms with E-state index in [-0.39, 0.29) is 33.8 Å². The van der Waals surface area contributed by atoms with Gasteiger partial charge in [0.15, 0.2) is 0 Å². The van der Waals surface area contributed by atoms with Crippen LogP contribution >= 0.6 is 0 Å². The molecule has 0 aliphatic carbocycles. The molecule has 2 aromatic carbocycles. The van der Waals surface area contributed by atoms with Crippen molar-refractivity contribution in [2.24, 2.45) is 0 Å². The van der Waals surface area contributed by atoms with Gasteiger partial charge in [-0.05, 0) is 42.5 Å². The van der Waals surface area contributed by atoms with Crippen LogP contribution in [-0.2, 0) is 16.2 Å². The molecule has 1 aromatic heterocycles. The van der Waals surface area contributed by atoms with Crippen molar-refractivity contribution in [1.29, 1.82) is 0 Å². The van der Waals surface area contributed by atoms with Gasteiger partial charge in [-0.2, -0.15) is 13.2 Å². The third kappa shape index (κ3) is 4.20. The fraction of sp³-hybridized carbons (Fsp3) is 0.176. The number of alkyl halides is 3. The first-order valence-corrected chi connectivity index (χ1v) is 9.50. The van der Waals surface area contributed by atoms with Gasteiger partial charge in [-0.25, -0.2) is 27.5 Å². The third-order valence-electron chi connectivity index (χ3n) is 3.67. The minimum absolute atomic E-state index is 0.00512. The molecule has 148 valence electrons. The summed E-state index contributed by atoms with van der Waals surface area (Å²) in [6.07, 6.45) is -4.79. The second-order valence-corrected chi connectivity index (χ2v) is 7.47. The van der Waals surface area contributed by atoms with Crippen molar-refractivity contribution >= 4 is 32.4 Å². The van der Waals surface area contributed by atoms with Crippen LogP contribution in [0.2, 0.25) is 0 Å². The predicted octanol–water partition coefficient (Wildman–Crippen LogP) is 3.83. The Bertz CT molecular complexity index is 1120. The Morgan fingerprint density at radius 2 is 1.71 bits per heavy atom. The molecule has 0 aliphatic rings. The van der Waals surface area contributed by atoms with Crippen LogP contribution in [0.25, 0.3) is 10.9 Å². The standard InChI is InChI=1S/C17H14F4N4O2S/c1-2-22-28(26,27)12-6-4-11(5-7-12)23-15-13-9-10(18)3-8-14(13)24-16(25-15)17(19,20)21/h3-9,22H,2H2,1H3,(H,23,24,25). The lowest BCUT2D eigenvalue weighted by Gasteiger charge is -2.13. The molecule has 1 heterocycles. The van der Waals surface area contributed by atoms with E-state index >= 15 is 0 Å². The second-order valence-electron chi connectivity index (χ2n) is 5.71. The van der Waals surface area contributed by atoms with Crippen molar-refractivity contribution in [3.8, 4) is 0 Å². The molecule has 0 unspecified atom stereocenters. The molecule has 0 saturated carbocycles. The van der Waals surface area contributed by atoms with Crippen LogP contribution < -0.4 is 10.0 Å². The van der Waals surface area contributed by atoms with E-state index in [0.29, 0.717) is 0 Å². The number of hydrogen-bond acceptors (Lipinski definition) is 5. The number of fused-ring (bicyclic) bond motifs is 1. The van der Waals surface area contributed by atoms with Crippen molar-refractivity contribution < 1.29 is 26.0 Å². The summed E-state index contributed by atoms with van der Waals surface area (Å²) in [5, 5.41) is 2.72. The fourth-order valence-electron chi connectivity index (χ4n) is 2.45. The first kappa shape index (κ1) is 20.0. The number of hydrogen-bond donors (Lipinski definition) is 2. The molecule has 0 spiro atoms. The van der Waals surface area contributed by atoms with Crippen LogP contribution in [0.3, 0.4) is 0 Å². The van der Waals surface area contributed by atoms with E-state index in [1.807, 2.05) is 0 Å². The molecule has 3 rings (SSSR count). The molecule has 0 atom stereocenters. The lowest BCUT2D eigenvalue weighted by molar-refractivity contribution is -0.144. The summed E-state index contributed by atoms with van der Waals surface area (Å²) in [4.78, 5) is 6.89. The van der Waals surface area contributed by atoms with E-state index in [1.54, 1.807) is 6.92 Å². The molecule has 0 fully saturated rings. The first-order chi connectivity index (χ1) is 13.1. The summed E-state index contributed by atoms with van der Waals surface area (Å²) in [7, 11) is -3.67. The van der Waals surface area contributed by atoms with Crippen LogP contribution in [0.15, 0.2) is 47.4 Å². The van der Waals surface area contributed by atoms with Gasteiger partial charge in [0.1, 0.15) is 11.6 Å². The van der Waals surface area contributed by atoms with Crippen LogP contribution in [0, 0.1) is 5.82 Å². The van der Waals surface area contributed by atoms with E-state index < -0.39 is 27.8 Å². The van der Waals surface area contributed by atoms with Gasteiger partial charge in [0.25, 0.3) is 0 Å². The molecule has 11 heteroatoms. The minimum atomic E-state index is -4.79. The Balaban J connectivity index is 2.03. The smallest absolute Gasteiger partial charge is 0.340 e. The van der Waals surface area contributed by atoms with Gasteiger partial charge in [-0.15, -0.1) is 0 Å². The fourth-order valence-corrected chi connectivity index (χ4v) is 3.49. The highest BCUT2D eigenvalue weighted by Crippen LogP contribution is 2.32. The highest BCUT2D eigenvalue weighted by Gasteiger charge is 2.35. The van der Waals surface area contributed by atoms with Crippen LogP contribution in [0.5, 0.6) is 0 Å². The molecule has 0 aliphatic heterocycles. The van der Waals surface area contributed by atoms with Crippen molar-refractivity contribution in [1.82, 2.24) is 14.7 Å². The maximum Gasteiger partial charge on any atom is 0.451 e. The minimum Gasteiger partial charge on any atom is -0.340 e. The molecule has 0 saturated heterocycles. The SMILES string of the molecule is CCNS(=O)(=O)c1ccc(Nc2nc(C(F)(F)F)nc3ccc(F)cc23)cc1. The normalized spacial score (nSPS) is 12.3. The third-order valence-corrected chi connectivity index (χ3v) is 5.23. The Morgan fingerprint density at radius 1 is 1.04 bits per heavy atom. The summed E-state index contributed by atoms with van der Waals surface area (Å²) < 4.78 is 79.0. The van der Waals surface area contributed by atoms with Crippen molar-refractivity contribution in [2.45, 2.75) is 18.0 Å². The maximum absolute atomic E-state index is 13.6. The van der Waals surface area contributed by atoms with Gasteiger partial charge in [-0.1, -0.05) is 6.92 Å². The Labute approximate surface area is 157 Å².